The first-order chi connectivity index (χ1) is 8.11. The predicted molar refractivity (Wildman–Crippen MR) is 67.6 cm³/mol. The smallest absolute Gasteiger partial charge is 0.138 e. The lowest BCUT2D eigenvalue weighted by Crippen LogP contribution is -2.47. The molecule has 1 aliphatic rings. The first-order valence-electron chi connectivity index (χ1n) is 6.29. The molecule has 0 bridgehead atoms. The number of piperidine rings is 1. The van der Waals surface area contributed by atoms with Crippen LogP contribution in [0.5, 0.6) is 0 Å². The molecule has 3 unspecified atom stereocenters. The van der Waals surface area contributed by atoms with Crippen LogP contribution in [0.25, 0.3) is 0 Å². The van der Waals surface area contributed by atoms with Crippen molar-refractivity contribution in [2.45, 2.75) is 39.3 Å². The maximum Gasteiger partial charge on any atom is 0.138 e. The topological polar surface area (TPSA) is 33.2 Å². The summed E-state index contributed by atoms with van der Waals surface area (Å²) in [5.74, 6) is 0.545. The van der Waals surface area contributed by atoms with Crippen molar-refractivity contribution in [3.63, 3.8) is 0 Å². The van der Waals surface area contributed by atoms with Crippen molar-refractivity contribution in [1.29, 1.82) is 0 Å². The maximum absolute atomic E-state index is 11.7. The van der Waals surface area contributed by atoms with Crippen LogP contribution in [0.15, 0.2) is 24.5 Å². The Morgan fingerprint density at radius 3 is 2.65 bits per heavy atom. The maximum atomic E-state index is 11.7. The van der Waals surface area contributed by atoms with Crippen LogP contribution < -0.4 is 0 Å². The van der Waals surface area contributed by atoms with Gasteiger partial charge in [0, 0.05) is 43.4 Å². The van der Waals surface area contributed by atoms with Crippen molar-refractivity contribution in [1.82, 2.24) is 9.88 Å². The second-order valence-electron chi connectivity index (χ2n) is 4.94. The minimum absolute atomic E-state index is 0.146. The molecule has 0 aliphatic carbocycles. The number of hydrogen-bond donors (Lipinski definition) is 0. The van der Waals surface area contributed by atoms with E-state index in [-0.39, 0.29) is 5.92 Å². The molecule has 1 aliphatic heterocycles. The highest BCUT2D eigenvalue weighted by atomic mass is 16.1. The fraction of sp³-hybridized carbons (Fsp3) is 0.571. The number of Topliss-reactive ketones (excluding diaryl/α,β-unsaturated/α-hetero) is 1. The van der Waals surface area contributed by atoms with Gasteiger partial charge in [0.2, 0.25) is 0 Å². The number of rotatable bonds is 2. The van der Waals surface area contributed by atoms with E-state index in [0.29, 0.717) is 24.3 Å². The minimum atomic E-state index is 0.146. The van der Waals surface area contributed by atoms with Gasteiger partial charge >= 0.3 is 0 Å². The van der Waals surface area contributed by atoms with Crippen molar-refractivity contribution in [3.05, 3.63) is 30.1 Å². The molecule has 3 heteroatoms. The molecule has 1 fully saturated rings. The molecule has 0 N–H and O–H groups in total. The highest BCUT2D eigenvalue weighted by molar-refractivity contribution is 5.82. The first-order valence-corrected chi connectivity index (χ1v) is 6.29. The summed E-state index contributed by atoms with van der Waals surface area (Å²) in [6.45, 7) is 7.26. The van der Waals surface area contributed by atoms with Gasteiger partial charge in [-0.25, -0.2) is 0 Å². The van der Waals surface area contributed by atoms with Gasteiger partial charge in [0.05, 0.1) is 0 Å². The number of nitrogens with zero attached hydrogens (tertiary/aromatic N) is 2. The minimum Gasteiger partial charge on any atom is -0.299 e. The van der Waals surface area contributed by atoms with E-state index in [9.17, 15) is 4.79 Å². The Labute approximate surface area is 103 Å². The standard InChI is InChI=1S/C14H20N2O/c1-10-11(2)16(9-6-14(10)17)12(3)13-4-7-15-8-5-13/h4-5,7-8,10-12H,6,9H2,1-3H3. The van der Waals surface area contributed by atoms with Gasteiger partial charge in [-0.2, -0.15) is 0 Å². The molecule has 0 aromatic carbocycles. The first kappa shape index (κ1) is 12.2. The third-order valence-electron chi connectivity index (χ3n) is 4.06. The summed E-state index contributed by atoms with van der Waals surface area (Å²) in [6.07, 6.45) is 4.34. The summed E-state index contributed by atoms with van der Waals surface area (Å²) in [4.78, 5) is 18.1. The number of carbonyl (C=O) groups is 1. The average Bonchev–Trinajstić information content (AvgIpc) is 2.36. The molecule has 1 aromatic heterocycles. The van der Waals surface area contributed by atoms with Crippen LogP contribution in [0, 0.1) is 5.92 Å². The average molecular weight is 232 g/mol. The number of likely N-dealkylation sites (tertiary alicyclic amines) is 1. The fourth-order valence-corrected chi connectivity index (χ4v) is 2.61. The molecule has 3 atom stereocenters. The van der Waals surface area contributed by atoms with Crippen LogP contribution in [0.1, 0.15) is 38.8 Å². The summed E-state index contributed by atoms with van der Waals surface area (Å²) < 4.78 is 0. The Morgan fingerprint density at radius 1 is 1.35 bits per heavy atom. The van der Waals surface area contributed by atoms with Crippen molar-refractivity contribution in [2.75, 3.05) is 6.54 Å². The second-order valence-corrected chi connectivity index (χ2v) is 4.94. The lowest BCUT2D eigenvalue weighted by molar-refractivity contribution is -0.128. The van der Waals surface area contributed by atoms with E-state index in [4.69, 9.17) is 0 Å². The highest BCUT2D eigenvalue weighted by Crippen LogP contribution is 2.29. The third kappa shape index (κ3) is 2.39. The number of carbonyl (C=O) groups excluding carboxylic acids is 1. The zero-order valence-electron chi connectivity index (χ0n) is 10.8. The molecular formula is C14H20N2O. The Hall–Kier alpha value is -1.22. The Kier molecular flexibility index (Phi) is 3.57. The number of hydrogen-bond acceptors (Lipinski definition) is 3. The van der Waals surface area contributed by atoms with Crippen LogP contribution in [-0.2, 0) is 4.79 Å². The zero-order chi connectivity index (χ0) is 12.4. The van der Waals surface area contributed by atoms with Gasteiger partial charge in [-0.15, -0.1) is 0 Å². The fourth-order valence-electron chi connectivity index (χ4n) is 2.61. The Bertz CT molecular complexity index is 390. The third-order valence-corrected chi connectivity index (χ3v) is 4.06. The van der Waals surface area contributed by atoms with E-state index in [1.807, 2.05) is 19.3 Å². The van der Waals surface area contributed by atoms with E-state index >= 15 is 0 Å². The number of aromatic nitrogens is 1. The molecule has 2 heterocycles. The Balaban J connectivity index is 2.15. The van der Waals surface area contributed by atoms with Gasteiger partial charge < -0.3 is 0 Å². The highest BCUT2D eigenvalue weighted by Gasteiger charge is 2.33. The quantitative estimate of drug-likeness (QED) is 0.785. The predicted octanol–water partition coefficient (Wildman–Crippen LogP) is 2.44. The van der Waals surface area contributed by atoms with Crippen LogP contribution >= 0.6 is 0 Å². The van der Waals surface area contributed by atoms with Gasteiger partial charge in [-0.05, 0) is 31.5 Å². The van der Waals surface area contributed by atoms with E-state index in [1.54, 1.807) is 0 Å². The summed E-state index contributed by atoms with van der Waals surface area (Å²) in [7, 11) is 0. The Morgan fingerprint density at radius 2 is 2.00 bits per heavy atom. The molecule has 0 radical (unpaired) electrons. The lowest BCUT2D eigenvalue weighted by Gasteiger charge is -2.41. The van der Waals surface area contributed by atoms with E-state index in [1.165, 1.54) is 5.56 Å². The van der Waals surface area contributed by atoms with Gasteiger partial charge in [0.25, 0.3) is 0 Å². The molecule has 1 aromatic rings. The molecule has 92 valence electrons. The monoisotopic (exact) mass is 232 g/mol. The molecule has 3 nitrogen and oxygen atoms in total. The van der Waals surface area contributed by atoms with Crippen molar-refractivity contribution >= 4 is 5.78 Å². The van der Waals surface area contributed by atoms with Crippen LogP contribution in [0.4, 0.5) is 0 Å². The molecule has 2 rings (SSSR count). The van der Waals surface area contributed by atoms with Crippen LogP contribution in [-0.4, -0.2) is 28.3 Å². The SMILES string of the molecule is CC1C(=O)CCN(C(C)c2ccncc2)C1C. The summed E-state index contributed by atoms with van der Waals surface area (Å²) >= 11 is 0. The molecule has 17 heavy (non-hydrogen) atoms. The van der Waals surface area contributed by atoms with Crippen molar-refractivity contribution in [3.8, 4) is 0 Å². The van der Waals surface area contributed by atoms with Crippen molar-refractivity contribution in [2.24, 2.45) is 5.92 Å². The van der Waals surface area contributed by atoms with Gasteiger partial charge in [0.1, 0.15) is 5.78 Å². The number of pyridine rings is 1. The van der Waals surface area contributed by atoms with Crippen molar-refractivity contribution < 1.29 is 4.79 Å². The second kappa shape index (κ2) is 4.96. The lowest BCUT2D eigenvalue weighted by atomic mass is 9.89. The summed E-state index contributed by atoms with van der Waals surface area (Å²) in [5, 5.41) is 0. The van der Waals surface area contributed by atoms with E-state index in [0.717, 1.165) is 6.54 Å². The molecule has 0 saturated carbocycles. The zero-order valence-corrected chi connectivity index (χ0v) is 10.8. The van der Waals surface area contributed by atoms with Crippen LogP contribution in [0.2, 0.25) is 0 Å². The molecular weight excluding hydrogens is 212 g/mol. The van der Waals surface area contributed by atoms with Gasteiger partial charge in [-0.1, -0.05) is 6.92 Å². The molecule has 0 spiro atoms. The summed E-state index contributed by atoms with van der Waals surface area (Å²) in [6, 6.07) is 4.78. The van der Waals surface area contributed by atoms with Crippen LogP contribution in [0.3, 0.4) is 0 Å². The van der Waals surface area contributed by atoms with E-state index < -0.39 is 0 Å². The number of ketones is 1. The normalized spacial score (nSPS) is 28.1. The summed E-state index contributed by atoms with van der Waals surface area (Å²) in [5.41, 5.74) is 1.27. The van der Waals surface area contributed by atoms with E-state index in [2.05, 4.69) is 35.9 Å². The molecule has 1 saturated heterocycles. The molecule has 0 amide bonds. The van der Waals surface area contributed by atoms with Gasteiger partial charge in [0.15, 0.2) is 0 Å². The van der Waals surface area contributed by atoms with Gasteiger partial charge in [-0.3, -0.25) is 14.7 Å². The largest absolute Gasteiger partial charge is 0.299 e.